The van der Waals surface area contributed by atoms with E-state index >= 15 is 0 Å². The SMILES string of the molecule is CNc1nc(-c2ccc(O)c(C(N)=O)c2)cs1. The van der Waals surface area contributed by atoms with Crippen molar-refractivity contribution in [2.24, 2.45) is 5.73 Å². The second kappa shape index (κ2) is 4.42. The Morgan fingerprint density at radius 2 is 2.29 bits per heavy atom. The number of rotatable bonds is 3. The molecule has 17 heavy (non-hydrogen) atoms. The molecule has 2 aromatic rings. The Kier molecular flexibility index (Phi) is 2.97. The number of phenols is 1. The van der Waals surface area contributed by atoms with Crippen molar-refractivity contribution in [2.45, 2.75) is 0 Å². The summed E-state index contributed by atoms with van der Waals surface area (Å²) in [5.74, 6) is -0.779. The van der Waals surface area contributed by atoms with E-state index in [1.54, 1.807) is 13.1 Å². The number of aromatic nitrogens is 1. The van der Waals surface area contributed by atoms with E-state index in [0.717, 1.165) is 16.4 Å². The smallest absolute Gasteiger partial charge is 0.252 e. The van der Waals surface area contributed by atoms with Crippen molar-refractivity contribution >= 4 is 22.4 Å². The molecule has 0 unspecified atom stereocenters. The van der Waals surface area contributed by atoms with Crippen LogP contribution in [0.5, 0.6) is 5.75 Å². The average Bonchev–Trinajstić information content (AvgIpc) is 2.78. The van der Waals surface area contributed by atoms with Gasteiger partial charge in [0.05, 0.1) is 11.3 Å². The van der Waals surface area contributed by atoms with E-state index in [0.29, 0.717) is 0 Å². The molecule has 0 bridgehead atoms. The minimum absolute atomic E-state index is 0.0986. The fourth-order valence-corrected chi connectivity index (χ4v) is 2.09. The van der Waals surface area contributed by atoms with Crippen LogP contribution in [0, 0.1) is 0 Å². The lowest BCUT2D eigenvalue weighted by atomic mass is 10.1. The molecule has 1 aromatic heterocycles. The second-order valence-electron chi connectivity index (χ2n) is 3.38. The quantitative estimate of drug-likeness (QED) is 0.771. The van der Waals surface area contributed by atoms with Gasteiger partial charge in [-0.25, -0.2) is 4.98 Å². The van der Waals surface area contributed by atoms with Crippen LogP contribution in [0.1, 0.15) is 10.4 Å². The molecule has 6 heteroatoms. The van der Waals surface area contributed by atoms with Crippen molar-refractivity contribution in [3.8, 4) is 17.0 Å². The topological polar surface area (TPSA) is 88.2 Å². The molecule has 0 fully saturated rings. The molecule has 0 spiro atoms. The first-order valence-corrected chi connectivity index (χ1v) is 5.76. The number of nitrogens with zero attached hydrogens (tertiary/aromatic N) is 1. The minimum atomic E-state index is -0.659. The largest absolute Gasteiger partial charge is 0.507 e. The molecule has 88 valence electrons. The molecule has 0 aliphatic rings. The number of aromatic hydroxyl groups is 1. The predicted octanol–water partition coefficient (Wildman–Crippen LogP) is 1.66. The van der Waals surface area contributed by atoms with Crippen molar-refractivity contribution in [2.75, 3.05) is 12.4 Å². The molecule has 1 amide bonds. The van der Waals surface area contributed by atoms with Gasteiger partial charge in [0.15, 0.2) is 5.13 Å². The predicted molar refractivity (Wildman–Crippen MR) is 67.3 cm³/mol. The van der Waals surface area contributed by atoms with Crippen LogP contribution in [0.4, 0.5) is 5.13 Å². The highest BCUT2D eigenvalue weighted by Crippen LogP contribution is 2.28. The Labute approximate surface area is 102 Å². The van der Waals surface area contributed by atoms with E-state index in [1.165, 1.54) is 23.5 Å². The second-order valence-corrected chi connectivity index (χ2v) is 4.24. The fourth-order valence-electron chi connectivity index (χ4n) is 1.41. The maximum Gasteiger partial charge on any atom is 0.252 e. The van der Waals surface area contributed by atoms with Crippen LogP contribution < -0.4 is 11.1 Å². The van der Waals surface area contributed by atoms with E-state index in [1.807, 2.05) is 5.38 Å². The minimum Gasteiger partial charge on any atom is -0.507 e. The first-order valence-electron chi connectivity index (χ1n) is 4.88. The summed E-state index contributed by atoms with van der Waals surface area (Å²) in [5.41, 5.74) is 6.75. The summed E-state index contributed by atoms with van der Waals surface area (Å²) in [6.07, 6.45) is 0. The highest BCUT2D eigenvalue weighted by atomic mass is 32.1. The van der Waals surface area contributed by atoms with Crippen LogP contribution in [0.15, 0.2) is 23.6 Å². The highest BCUT2D eigenvalue weighted by molar-refractivity contribution is 7.14. The number of carbonyl (C=O) groups excluding carboxylic acids is 1. The van der Waals surface area contributed by atoms with Crippen molar-refractivity contribution < 1.29 is 9.90 Å². The van der Waals surface area contributed by atoms with Gasteiger partial charge in [-0.2, -0.15) is 0 Å². The maximum absolute atomic E-state index is 11.1. The molecular formula is C11H11N3O2S. The van der Waals surface area contributed by atoms with Crippen molar-refractivity contribution in [1.82, 2.24) is 4.98 Å². The van der Waals surface area contributed by atoms with Crippen LogP contribution in [0.25, 0.3) is 11.3 Å². The third-order valence-corrected chi connectivity index (χ3v) is 3.14. The van der Waals surface area contributed by atoms with Crippen molar-refractivity contribution in [3.63, 3.8) is 0 Å². The molecule has 0 aliphatic carbocycles. The molecule has 1 heterocycles. The average molecular weight is 249 g/mol. The zero-order chi connectivity index (χ0) is 12.4. The van der Waals surface area contributed by atoms with Crippen molar-refractivity contribution in [3.05, 3.63) is 29.1 Å². The molecule has 0 saturated carbocycles. The van der Waals surface area contributed by atoms with Gasteiger partial charge in [-0.3, -0.25) is 4.79 Å². The van der Waals surface area contributed by atoms with Crippen LogP contribution in [-0.2, 0) is 0 Å². The molecule has 0 radical (unpaired) electrons. The van der Waals surface area contributed by atoms with Gasteiger partial charge in [-0.1, -0.05) is 0 Å². The van der Waals surface area contributed by atoms with Crippen LogP contribution >= 0.6 is 11.3 Å². The monoisotopic (exact) mass is 249 g/mol. The summed E-state index contributed by atoms with van der Waals surface area (Å²) in [6.45, 7) is 0. The molecule has 2 rings (SSSR count). The number of nitrogens with two attached hydrogens (primary N) is 1. The molecule has 0 saturated heterocycles. The third-order valence-electron chi connectivity index (χ3n) is 2.28. The summed E-state index contributed by atoms with van der Waals surface area (Å²) in [7, 11) is 1.79. The van der Waals surface area contributed by atoms with E-state index in [-0.39, 0.29) is 11.3 Å². The Morgan fingerprint density at radius 1 is 1.53 bits per heavy atom. The van der Waals surface area contributed by atoms with Crippen LogP contribution in [-0.4, -0.2) is 23.0 Å². The first kappa shape index (κ1) is 11.4. The summed E-state index contributed by atoms with van der Waals surface area (Å²) < 4.78 is 0. The van der Waals surface area contributed by atoms with E-state index in [4.69, 9.17) is 5.73 Å². The number of amides is 1. The maximum atomic E-state index is 11.1. The first-order chi connectivity index (χ1) is 8.11. The van der Waals surface area contributed by atoms with Crippen LogP contribution in [0.2, 0.25) is 0 Å². The lowest BCUT2D eigenvalue weighted by Crippen LogP contribution is -2.11. The summed E-state index contributed by atoms with van der Waals surface area (Å²) in [4.78, 5) is 15.4. The molecule has 1 aromatic carbocycles. The van der Waals surface area contributed by atoms with Gasteiger partial charge in [-0.05, 0) is 18.2 Å². The Hall–Kier alpha value is -2.08. The third kappa shape index (κ3) is 2.21. The molecule has 0 atom stereocenters. The zero-order valence-electron chi connectivity index (χ0n) is 9.10. The number of hydrogen-bond donors (Lipinski definition) is 3. The summed E-state index contributed by atoms with van der Waals surface area (Å²) >= 11 is 1.46. The Morgan fingerprint density at radius 3 is 2.88 bits per heavy atom. The lowest BCUT2D eigenvalue weighted by Gasteiger charge is -2.02. The molecule has 4 N–H and O–H groups in total. The van der Waals surface area contributed by atoms with Gasteiger partial charge in [0.1, 0.15) is 5.75 Å². The van der Waals surface area contributed by atoms with Crippen LogP contribution in [0.3, 0.4) is 0 Å². The van der Waals surface area contributed by atoms with E-state index in [2.05, 4.69) is 10.3 Å². The highest BCUT2D eigenvalue weighted by Gasteiger charge is 2.11. The van der Waals surface area contributed by atoms with Gasteiger partial charge in [0, 0.05) is 18.0 Å². The molecular weight excluding hydrogens is 238 g/mol. The van der Waals surface area contributed by atoms with Gasteiger partial charge in [0.2, 0.25) is 0 Å². The van der Waals surface area contributed by atoms with Gasteiger partial charge in [-0.15, -0.1) is 11.3 Å². The number of primary amides is 1. The number of thiazole rings is 1. The fraction of sp³-hybridized carbons (Fsp3) is 0.0909. The number of carbonyl (C=O) groups is 1. The van der Waals surface area contributed by atoms with E-state index in [9.17, 15) is 9.90 Å². The summed E-state index contributed by atoms with van der Waals surface area (Å²) in [6, 6.07) is 4.66. The number of nitrogens with one attached hydrogen (secondary N) is 1. The van der Waals surface area contributed by atoms with Crippen molar-refractivity contribution in [1.29, 1.82) is 0 Å². The Bertz CT molecular complexity index is 566. The summed E-state index contributed by atoms with van der Waals surface area (Å²) in [5, 5.41) is 15.1. The van der Waals surface area contributed by atoms with Gasteiger partial charge < -0.3 is 16.2 Å². The number of benzene rings is 1. The lowest BCUT2D eigenvalue weighted by molar-refractivity contribution is 0.0998. The van der Waals surface area contributed by atoms with Gasteiger partial charge in [0.25, 0.3) is 5.91 Å². The van der Waals surface area contributed by atoms with E-state index < -0.39 is 5.91 Å². The number of hydrogen-bond acceptors (Lipinski definition) is 5. The zero-order valence-corrected chi connectivity index (χ0v) is 9.91. The Balaban J connectivity index is 2.46. The van der Waals surface area contributed by atoms with Gasteiger partial charge >= 0.3 is 0 Å². The number of anilines is 1. The molecule has 5 nitrogen and oxygen atoms in total. The molecule has 0 aliphatic heterocycles. The standard InChI is InChI=1S/C11H11N3O2S/c1-13-11-14-8(5-17-11)6-2-3-9(15)7(4-6)10(12)16/h2-5,15H,1H3,(H2,12,16)(H,13,14). The normalized spacial score (nSPS) is 10.2.